The highest BCUT2D eigenvalue weighted by molar-refractivity contribution is 7.97. The molecule has 5 rings (SSSR count). The fourth-order valence-corrected chi connectivity index (χ4v) is 5.30. The molecule has 0 bridgehead atoms. The van der Waals surface area contributed by atoms with Crippen LogP contribution in [0.15, 0.2) is 72.0 Å². The lowest BCUT2D eigenvalue weighted by Gasteiger charge is -2.28. The van der Waals surface area contributed by atoms with Crippen LogP contribution in [-0.2, 0) is 0 Å². The minimum Gasteiger partial charge on any atom is -0.306 e. The maximum Gasteiger partial charge on any atom is 0.116 e. The largest absolute Gasteiger partial charge is 0.306 e. The molecule has 2 aromatic carbocycles. The third kappa shape index (κ3) is 4.83. The number of piperidine rings is 1. The van der Waals surface area contributed by atoms with E-state index in [0.29, 0.717) is 5.92 Å². The van der Waals surface area contributed by atoms with Crippen LogP contribution in [0, 0.1) is 6.92 Å². The van der Waals surface area contributed by atoms with E-state index in [1.165, 1.54) is 5.56 Å². The van der Waals surface area contributed by atoms with Crippen LogP contribution in [0.5, 0.6) is 0 Å². The number of hydrogen-bond donors (Lipinski definition) is 0. The molecule has 1 fully saturated rings. The van der Waals surface area contributed by atoms with Crippen molar-refractivity contribution in [2.24, 2.45) is 0 Å². The summed E-state index contributed by atoms with van der Waals surface area (Å²) in [6.07, 6.45) is 5.59. The summed E-state index contributed by atoms with van der Waals surface area (Å²) in [5.41, 5.74) is 6.47. The van der Waals surface area contributed by atoms with Crippen molar-refractivity contribution in [3.05, 3.63) is 83.4 Å². The molecule has 1 saturated heterocycles. The van der Waals surface area contributed by atoms with Gasteiger partial charge in [0.25, 0.3) is 0 Å². The first-order valence-electron chi connectivity index (χ1n) is 11.2. The Labute approximate surface area is 204 Å². The first-order valence-corrected chi connectivity index (χ1v) is 12.3. The predicted molar refractivity (Wildman–Crippen MR) is 136 cm³/mol. The van der Waals surface area contributed by atoms with Crippen molar-refractivity contribution in [3.8, 4) is 22.5 Å². The van der Waals surface area contributed by atoms with Crippen molar-refractivity contribution < 1.29 is 0 Å². The highest BCUT2D eigenvalue weighted by Gasteiger charge is 2.29. The molecule has 0 atom stereocenters. The van der Waals surface area contributed by atoms with E-state index in [-0.39, 0.29) is 0 Å². The van der Waals surface area contributed by atoms with Crippen LogP contribution in [0.3, 0.4) is 0 Å². The molecule has 0 spiro atoms. The summed E-state index contributed by atoms with van der Waals surface area (Å²) in [5.74, 6) is 0.386. The Morgan fingerprint density at radius 3 is 2.36 bits per heavy atom. The van der Waals surface area contributed by atoms with Crippen LogP contribution < -0.4 is 0 Å². The maximum absolute atomic E-state index is 6.23. The smallest absolute Gasteiger partial charge is 0.116 e. The van der Waals surface area contributed by atoms with E-state index in [9.17, 15) is 0 Å². The SMILES string of the molecule is Cc1ccc(Sn2nc(C3CCN(C)CC3)c(-c3ccncn3)c2-c2ccc(Cl)cc2)cc1. The lowest BCUT2D eigenvalue weighted by Crippen LogP contribution is -2.29. The van der Waals surface area contributed by atoms with Gasteiger partial charge in [0, 0.05) is 39.5 Å². The molecule has 0 saturated carbocycles. The third-order valence-electron chi connectivity index (χ3n) is 6.16. The number of hydrogen-bond acceptors (Lipinski definition) is 5. The van der Waals surface area contributed by atoms with Gasteiger partial charge in [0.2, 0.25) is 0 Å². The normalized spacial score (nSPS) is 15.1. The molecule has 0 N–H and O–H groups in total. The molecule has 1 aliphatic heterocycles. The quantitative estimate of drug-likeness (QED) is 0.337. The zero-order chi connectivity index (χ0) is 22.8. The van der Waals surface area contributed by atoms with Gasteiger partial charge in [-0.25, -0.2) is 14.1 Å². The fraction of sp³-hybridized carbons (Fsp3) is 0.269. The van der Waals surface area contributed by atoms with Gasteiger partial charge in [0.05, 0.1) is 22.6 Å². The molecule has 4 aromatic rings. The molecule has 7 heteroatoms. The van der Waals surface area contributed by atoms with Gasteiger partial charge in [-0.3, -0.25) is 0 Å². The summed E-state index contributed by atoms with van der Waals surface area (Å²) in [6, 6.07) is 18.5. The van der Waals surface area contributed by atoms with E-state index in [2.05, 4.69) is 69.3 Å². The molecule has 0 aliphatic carbocycles. The molecule has 3 heterocycles. The average Bonchev–Trinajstić information content (AvgIpc) is 3.21. The van der Waals surface area contributed by atoms with E-state index in [1.54, 1.807) is 24.5 Å². The first kappa shape index (κ1) is 22.1. The highest BCUT2D eigenvalue weighted by atomic mass is 35.5. The molecule has 0 unspecified atom stereocenters. The zero-order valence-electron chi connectivity index (χ0n) is 18.8. The minimum absolute atomic E-state index is 0.386. The zero-order valence-corrected chi connectivity index (χ0v) is 20.4. The summed E-state index contributed by atoms with van der Waals surface area (Å²) in [5, 5.41) is 5.94. The van der Waals surface area contributed by atoms with E-state index in [1.807, 2.05) is 18.2 Å². The van der Waals surface area contributed by atoms with Crippen LogP contribution in [0.1, 0.15) is 30.0 Å². The van der Waals surface area contributed by atoms with Crippen molar-refractivity contribution in [3.63, 3.8) is 0 Å². The van der Waals surface area contributed by atoms with Crippen LogP contribution in [0.2, 0.25) is 5.02 Å². The molecule has 1 aliphatic rings. The van der Waals surface area contributed by atoms with Crippen molar-refractivity contribution in [1.29, 1.82) is 0 Å². The molecule has 33 heavy (non-hydrogen) atoms. The van der Waals surface area contributed by atoms with Crippen molar-refractivity contribution in [2.75, 3.05) is 20.1 Å². The number of halogens is 1. The molecule has 2 aromatic heterocycles. The number of benzene rings is 2. The van der Waals surface area contributed by atoms with E-state index in [0.717, 1.165) is 64.1 Å². The Kier molecular flexibility index (Phi) is 6.49. The Morgan fingerprint density at radius 2 is 1.70 bits per heavy atom. The number of likely N-dealkylation sites (tertiary alicyclic amines) is 1. The molecular formula is C26H26ClN5S. The second-order valence-corrected chi connectivity index (χ2v) is 10.0. The summed E-state index contributed by atoms with van der Waals surface area (Å²) in [6.45, 7) is 4.25. The molecule has 0 radical (unpaired) electrons. The topological polar surface area (TPSA) is 46.8 Å². The van der Waals surface area contributed by atoms with Gasteiger partial charge in [-0.15, -0.1) is 0 Å². The van der Waals surface area contributed by atoms with Crippen LogP contribution in [-0.4, -0.2) is 44.2 Å². The average molecular weight is 476 g/mol. The van der Waals surface area contributed by atoms with Gasteiger partial charge in [0.1, 0.15) is 6.33 Å². The van der Waals surface area contributed by atoms with Gasteiger partial charge < -0.3 is 4.90 Å². The second kappa shape index (κ2) is 9.67. The van der Waals surface area contributed by atoms with Gasteiger partial charge >= 0.3 is 0 Å². The maximum atomic E-state index is 6.23. The second-order valence-electron chi connectivity index (χ2n) is 8.57. The lowest BCUT2D eigenvalue weighted by molar-refractivity contribution is 0.253. The predicted octanol–water partition coefficient (Wildman–Crippen LogP) is 6.33. The summed E-state index contributed by atoms with van der Waals surface area (Å²) >= 11 is 7.86. The van der Waals surface area contributed by atoms with Gasteiger partial charge in [0.15, 0.2) is 0 Å². The van der Waals surface area contributed by atoms with Gasteiger partial charge in [-0.1, -0.05) is 41.4 Å². The standard InChI is InChI=1S/C26H26ClN5S/c1-18-3-9-22(10-4-18)33-32-26(20-5-7-21(27)8-6-20)24(23-11-14-28-17-29-23)25(30-32)19-12-15-31(2)16-13-19/h3-11,14,17,19H,12-13,15-16H2,1-2H3. The van der Waals surface area contributed by atoms with Crippen molar-refractivity contribution >= 4 is 23.5 Å². The monoisotopic (exact) mass is 475 g/mol. The number of aryl methyl sites for hydroxylation is 1. The highest BCUT2D eigenvalue weighted by Crippen LogP contribution is 2.43. The molecule has 0 amide bonds. The van der Waals surface area contributed by atoms with Crippen LogP contribution >= 0.6 is 23.5 Å². The fourth-order valence-electron chi connectivity index (χ4n) is 4.30. The van der Waals surface area contributed by atoms with Crippen molar-refractivity contribution in [2.45, 2.75) is 30.6 Å². The van der Waals surface area contributed by atoms with E-state index < -0.39 is 0 Å². The van der Waals surface area contributed by atoms with E-state index in [4.69, 9.17) is 16.7 Å². The first-order chi connectivity index (χ1) is 16.1. The third-order valence-corrected chi connectivity index (χ3v) is 7.33. The molecule has 168 valence electrons. The number of rotatable bonds is 5. The lowest BCUT2D eigenvalue weighted by atomic mass is 9.89. The minimum atomic E-state index is 0.386. The van der Waals surface area contributed by atoms with Gasteiger partial charge in [-0.05, 0) is 70.2 Å². The van der Waals surface area contributed by atoms with Crippen molar-refractivity contribution in [1.82, 2.24) is 24.1 Å². The van der Waals surface area contributed by atoms with E-state index >= 15 is 0 Å². The molecule has 5 nitrogen and oxygen atoms in total. The summed E-state index contributed by atoms with van der Waals surface area (Å²) < 4.78 is 2.07. The van der Waals surface area contributed by atoms with Gasteiger partial charge in [-0.2, -0.15) is 5.10 Å². The van der Waals surface area contributed by atoms with Crippen LogP contribution in [0.4, 0.5) is 0 Å². The Balaban J connectivity index is 1.70. The van der Waals surface area contributed by atoms with Crippen LogP contribution in [0.25, 0.3) is 22.5 Å². The molecular weight excluding hydrogens is 450 g/mol. The Morgan fingerprint density at radius 1 is 0.970 bits per heavy atom. The Bertz CT molecular complexity index is 1210. The Hall–Kier alpha value is -2.67. The number of aromatic nitrogens is 4. The summed E-state index contributed by atoms with van der Waals surface area (Å²) in [4.78, 5) is 12.3. The number of nitrogens with zero attached hydrogens (tertiary/aromatic N) is 5. The summed E-state index contributed by atoms with van der Waals surface area (Å²) in [7, 11) is 2.19.